The van der Waals surface area contributed by atoms with Crippen LogP contribution in [0.2, 0.25) is 0 Å². The highest BCUT2D eigenvalue weighted by atomic mass is 32.1. The Morgan fingerprint density at radius 1 is 1.00 bits per heavy atom. The van der Waals surface area contributed by atoms with E-state index < -0.39 is 17.8 Å². The molecule has 36 heavy (non-hydrogen) atoms. The molecule has 4 rings (SSSR count). The number of anilines is 1. The van der Waals surface area contributed by atoms with Crippen LogP contribution in [-0.4, -0.2) is 34.6 Å². The molecule has 2 N–H and O–H groups in total. The smallest absolute Gasteiger partial charge is 0.335 e. The normalized spacial score (nSPS) is 14.5. The molecule has 8 nitrogen and oxygen atoms in total. The number of carbonyl (C=O) groups is 3. The van der Waals surface area contributed by atoms with Crippen LogP contribution in [0.3, 0.4) is 0 Å². The molecule has 9 heteroatoms. The molecule has 1 aliphatic heterocycles. The molecule has 0 aromatic heterocycles. The van der Waals surface area contributed by atoms with Crippen molar-refractivity contribution >= 4 is 46.9 Å². The Morgan fingerprint density at radius 3 is 2.47 bits per heavy atom. The lowest BCUT2D eigenvalue weighted by molar-refractivity contribution is -0.122. The van der Waals surface area contributed by atoms with Crippen molar-refractivity contribution in [3.63, 3.8) is 0 Å². The number of carboxylic acids is 1. The maximum atomic E-state index is 13.2. The Bertz CT molecular complexity index is 1370. The molecule has 0 bridgehead atoms. The van der Waals surface area contributed by atoms with Crippen molar-refractivity contribution in [3.8, 4) is 11.5 Å². The van der Waals surface area contributed by atoms with Gasteiger partial charge >= 0.3 is 5.97 Å². The van der Waals surface area contributed by atoms with Crippen molar-refractivity contribution in [1.82, 2.24) is 5.32 Å². The van der Waals surface area contributed by atoms with E-state index in [9.17, 15) is 14.4 Å². The van der Waals surface area contributed by atoms with E-state index in [1.807, 2.05) is 6.92 Å². The number of carboxylic acid groups (broad SMARTS) is 1. The average Bonchev–Trinajstić information content (AvgIpc) is 2.86. The van der Waals surface area contributed by atoms with E-state index in [1.54, 1.807) is 66.7 Å². The van der Waals surface area contributed by atoms with Crippen LogP contribution in [-0.2, 0) is 16.2 Å². The van der Waals surface area contributed by atoms with Crippen molar-refractivity contribution in [3.05, 3.63) is 95.1 Å². The molecule has 182 valence electrons. The third-order valence-corrected chi connectivity index (χ3v) is 5.54. The minimum absolute atomic E-state index is 0.00786. The lowest BCUT2D eigenvalue weighted by Gasteiger charge is -2.29. The predicted molar refractivity (Wildman–Crippen MR) is 138 cm³/mol. The molecule has 0 spiro atoms. The number of carbonyl (C=O) groups excluding carboxylic acids is 2. The fourth-order valence-corrected chi connectivity index (χ4v) is 3.84. The van der Waals surface area contributed by atoms with Gasteiger partial charge in [0, 0.05) is 6.07 Å². The summed E-state index contributed by atoms with van der Waals surface area (Å²) in [5.41, 5.74) is 1.94. The predicted octanol–water partition coefficient (Wildman–Crippen LogP) is 4.19. The quantitative estimate of drug-likeness (QED) is 0.270. The van der Waals surface area contributed by atoms with E-state index in [2.05, 4.69) is 5.32 Å². The molecular formula is C27H22N2O6S. The van der Waals surface area contributed by atoms with E-state index in [0.29, 0.717) is 29.4 Å². The van der Waals surface area contributed by atoms with Crippen LogP contribution in [0, 0.1) is 0 Å². The SMILES string of the molecule is CCOc1cccc(N2C(=O)/C(=C\c3ccc(OCc4cccc(C(=O)O)c4)cc3)C(=O)NC2=S)c1. The number of nitrogens with one attached hydrogen (secondary N) is 1. The van der Waals surface area contributed by atoms with Gasteiger partial charge in [-0.2, -0.15) is 0 Å². The molecule has 1 fully saturated rings. The van der Waals surface area contributed by atoms with Gasteiger partial charge in [-0.25, -0.2) is 4.79 Å². The molecule has 3 aromatic rings. The van der Waals surface area contributed by atoms with Crippen molar-refractivity contribution in [2.45, 2.75) is 13.5 Å². The first-order valence-corrected chi connectivity index (χ1v) is 11.5. The van der Waals surface area contributed by atoms with Crippen LogP contribution in [0.4, 0.5) is 5.69 Å². The fourth-order valence-electron chi connectivity index (χ4n) is 3.56. The topological polar surface area (TPSA) is 105 Å². The Morgan fingerprint density at radius 2 is 1.75 bits per heavy atom. The van der Waals surface area contributed by atoms with Crippen LogP contribution >= 0.6 is 12.2 Å². The van der Waals surface area contributed by atoms with Gasteiger partial charge in [0.25, 0.3) is 11.8 Å². The molecule has 1 aliphatic rings. The standard InChI is InChI=1S/C27H22N2O6S/c1-2-34-22-8-4-7-20(15-22)29-25(31)23(24(30)28-27(29)36)14-17-9-11-21(12-10-17)35-16-18-5-3-6-19(13-18)26(32)33/h3-15H,2,16H2,1H3,(H,32,33)(H,28,30,36)/b23-14-. The molecule has 1 saturated heterocycles. The third kappa shape index (κ3) is 5.59. The van der Waals surface area contributed by atoms with Crippen LogP contribution in [0.5, 0.6) is 11.5 Å². The summed E-state index contributed by atoms with van der Waals surface area (Å²) in [6, 6.07) is 20.2. The van der Waals surface area contributed by atoms with Gasteiger partial charge < -0.3 is 14.6 Å². The first kappa shape index (κ1) is 24.6. The zero-order valence-corrected chi connectivity index (χ0v) is 20.1. The van der Waals surface area contributed by atoms with Crippen LogP contribution < -0.4 is 19.7 Å². The number of aromatic carboxylic acids is 1. The summed E-state index contributed by atoms with van der Waals surface area (Å²) >= 11 is 5.25. The van der Waals surface area contributed by atoms with E-state index in [-0.39, 0.29) is 22.9 Å². The minimum Gasteiger partial charge on any atom is -0.494 e. The van der Waals surface area contributed by atoms with E-state index in [4.69, 9.17) is 26.8 Å². The molecule has 1 heterocycles. The van der Waals surface area contributed by atoms with Gasteiger partial charge in [0.1, 0.15) is 23.7 Å². The molecule has 0 saturated carbocycles. The van der Waals surface area contributed by atoms with E-state index in [0.717, 1.165) is 5.56 Å². The van der Waals surface area contributed by atoms with Gasteiger partial charge in [-0.05, 0) is 72.7 Å². The van der Waals surface area contributed by atoms with E-state index >= 15 is 0 Å². The van der Waals surface area contributed by atoms with Crippen LogP contribution in [0.15, 0.2) is 78.4 Å². The Balaban J connectivity index is 1.50. The van der Waals surface area contributed by atoms with Crippen molar-refractivity contribution in [2.75, 3.05) is 11.5 Å². The number of hydrogen-bond donors (Lipinski definition) is 2. The zero-order valence-electron chi connectivity index (χ0n) is 19.3. The number of ether oxygens (including phenoxy) is 2. The second-order valence-corrected chi connectivity index (χ2v) is 8.14. The minimum atomic E-state index is -1.00. The highest BCUT2D eigenvalue weighted by molar-refractivity contribution is 7.80. The second-order valence-electron chi connectivity index (χ2n) is 7.75. The molecule has 0 unspecified atom stereocenters. The molecule has 0 aliphatic carbocycles. The Kier molecular flexibility index (Phi) is 7.41. The summed E-state index contributed by atoms with van der Waals surface area (Å²) in [5, 5.41) is 11.7. The lowest BCUT2D eigenvalue weighted by Crippen LogP contribution is -2.54. The van der Waals surface area contributed by atoms with Gasteiger partial charge in [0.2, 0.25) is 0 Å². The average molecular weight is 503 g/mol. The highest BCUT2D eigenvalue weighted by Gasteiger charge is 2.34. The number of benzene rings is 3. The first-order valence-electron chi connectivity index (χ1n) is 11.0. The Hall–Kier alpha value is -4.50. The summed E-state index contributed by atoms with van der Waals surface area (Å²) in [6.45, 7) is 2.52. The van der Waals surface area contributed by atoms with Crippen molar-refractivity contribution < 1.29 is 29.0 Å². The van der Waals surface area contributed by atoms with Gasteiger partial charge in [-0.3, -0.25) is 19.8 Å². The van der Waals surface area contributed by atoms with E-state index in [1.165, 1.54) is 17.0 Å². The second kappa shape index (κ2) is 10.8. The van der Waals surface area contributed by atoms with Crippen LogP contribution in [0.25, 0.3) is 6.08 Å². The Labute approximate surface area is 212 Å². The number of hydrogen-bond acceptors (Lipinski definition) is 6. The summed E-state index contributed by atoms with van der Waals surface area (Å²) in [5.74, 6) is -1.00. The zero-order chi connectivity index (χ0) is 25.7. The van der Waals surface area contributed by atoms with Gasteiger partial charge in [0.05, 0.1) is 17.9 Å². The van der Waals surface area contributed by atoms with Crippen molar-refractivity contribution in [1.29, 1.82) is 0 Å². The summed E-state index contributed by atoms with van der Waals surface area (Å²) < 4.78 is 11.2. The van der Waals surface area contributed by atoms with Crippen molar-refractivity contribution in [2.24, 2.45) is 0 Å². The first-order chi connectivity index (χ1) is 17.4. The molecular weight excluding hydrogens is 480 g/mol. The number of amides is 2. The van der Waals surface area contributed by atoms with Crippen LogP contribution in [0.1, 0.15) is 28.4 Å². The molecule has 0 radical (unpaired) electrons. The summed E-state index contributed by atoms with van der Waals surface area (Å²) in [7, 11) is 0. The van der Waals surface area contributed by atoms with Gasteiger partial charge in [-0.15, -0.1) is 0 Å². The van der Waals surface area contributed by atoms with Gasteiger partial charge in [-0.1, -0.05) is 30.3 Å². The summed E-state index contributed by atoms with van der Waals surface area (Å²) in [6.07, 6.45) is 1.49. The lowest BCUT2D eigenvalue weighted by atomic mass is 10.1. The molecule has 3 aromatic carbocycles. The number of thiocarbonyl (C=S) groups is 1. The maximum absolute atomic E-state index is 13.2. The maximum Gasteiger partial charge on any atom is 0.335 e. The third-order valence-electron chi connectivity index (χ3n) is 5.26. The summed E-state index contributed by atoms with van der Waals surface area (Å²) in [4.78, 5) is 38.2. The molecule has 0 atom stereocenters. The van der Waals surface area contributed by atoms with Gasteiger partial charge in [0.15, 0.2) is 5.11 Å². The largest absolute Gasteiger partial charge is 0.494 e. The number of nitrogens with zero attached hydrogens (tertiary/aromatic N) is 1. The monoisotopic (exact) mass is 502 g/mol. The highest BCUT2D eigenvalue weighted by Crippen LogP contribution is 2.26. The molecule has 2 amide bonds. The number of rotatable bonds is 8. The fraction of sp³-hybridized carbons (Fsp3) is 0.111.